The van der Waals surface area contributed by atoms with Gasteiger partial charge in [-0.15, -0.1) is 0 Å². The Morgan fingerprint density at radius 3 is 2.82 bits per heavy atom. The van der Waals surface area contributed by atoms with Gasteiger partial charge >= 0.3 is 0 Å². The first kappa shape index (κ1) is 11.9. The summed E-state index contributed by atoms with van der Waals surface area (Å²) in [6, 6.07) is 0. The van der Waals surface area contributed by atoms with Crippen LogP contribution in [0, 0.1) is 11.8 Å². The summed E-state index contributed by atoms with van der Waals surface area (Å²) in [4.78, 5) is 4.84. The third-order valence-corrected chi connectivity index (χ3v) is 6.13. The minimum Gasteiger partial charge on any atom is -0.359 e. The molecule has 0 aromatic heterocycles. The van der Waals surface area contributed by atoms with Crippen LogP contribution in [-0.2, 0) is 0 Å². The van der Waals surface area contributed by atoms with E-state index in [4.69, 9.17) is 4.99 Å². The van der Waals surface area contributed by atoms with Crippen LogP contribution >= 0.6 is 11.8 Å². The molecule has 2 aliphatic carbocycles. The molecule has 3 heteroatoms. The first-order chi connectivity index (χ1) is 8.27. The molecule has 3 fully saturated rings. The zero-order valence-corrected chi connectivity index (χ0v) is 11.7. The fraction of sp³-hybridized carbons (Fsp3) is 0.929. The molecule has 0 aromatic rings. The fourth-order valence-corrected chi connectivity index (χ4v) is 4.83. The first-order valence-electron chi connectivity index (χ1n) is 7.23. The van der Waals surface area contributed by atoms with Gasteiger partial charge in [-0.25, -0.2) is 0 Å². The molecule has 3 rings (SSSR count). The van der Waals surface area contributed by atoms with Gasteiger partial charge in [0.2, 0.25) is 0 Å². The predicted octanol–water partition coefficient (Wildman–Crippen LogP) is 3.43. The maximum absolute atomic E-state index is 4.84. The lowest BCUT2D eigenvalue weighted by Gasteiger charge is -2.22. The molecule has 0 bridgehead atoms. The van der Waals surface area contributed by atoms with Gasteiger partial charge < -0.3 is 5.32 Å². The molecule has 1 spiro atoms. The van der Waals surface area contributed by atoms with Crippen molar-refractivity contribution in [3.05, 3.63) is 0 Å². The average Bonchev–Trinajstić information content (AvgIpc) is 3.01. The van der Waals surface area contributed by atoms with Crippen molar-refractivity contribution in [1.82, 2.24) is 5.32 Å². The third kappa shape index (κ3) is 2.49. The summed E-state index contributed by atoms with van der Waals surface area (Å²) in [6.07, 6.45) is 9.76. The number of aliphatic imine (C=N–C) groups is 1. The average molecular weight is 252 g/mol. The highest BCUT2D eigenvalue weighted by molar-refractivity contribution is 8.14. The number of nitrogens with one attached hydrogen (secondary N) is 1. The van der Waals surface area contributed by atoms with E-state index in [2.05, 4.69) is 12.2 Å². The second-order valence-corrected chi connectivity index (χ2v) is 7.18. The van der Waals surface area contributed by atoms with Crippen LogP contribution in [0.1, 0.15) is 51.9 Å². The van der Waals surface area contributed by atoms with Crippen LogP contribution in [0.5, 0.6) is 0 Å². The Morgan fingerprint density at radius 1 is 1.29 bits per heavy atom. The Bertz CT molecular complexity index is 307. The van der Waals surface area contributed by atoms with E-state index in [1.165, 1.54) is 55.9 Å². The van der Waals surface area contributed by atoms with Gasteiger partial charge in [0.05, 0.1) is 0 Å². The topological polar surface area (TPSA) is 24.4 Å². The summed E-state index contributed by atoms with van der Waals surface area (Å²) < 4.78 is 0. The molecule has 17 heavy (non-hydrogen) atoms. The summed E-state index contributed by atoms with van der Waals surface area (Å²) in [7, 11) is 0. The lowest BCUT2D eigenvalue weighted by molar-refractivity contribution is 0.426. The van der Waals surface area contributed by atoms with Crippen molar-refractivity contribution in [2.45, 2.75) is 57.4 Å². The van der Waals surface area contributed by atoms with Crippen LogP contribution in [0.15, 0.2) is 4.99 Å². The van der Waals surface area contributed by atoms with Gasteiger partial charge in [0, 0.05) is 17.8 Å². The Kier molecular flexibility index (Phi) is 3.38. The van der Waals surface area contributed by atoms with Gasteiger partial charge in [-0.1, -0.05) is 44.4 Å². The smallest absolute Gasteiger partial charge is 0.157 e. The van der Waals surface area contributed by atoms with E-state index in [-0.39, 0.29) is 0 Å². The van der Waals surface area contributed by atoms with Crippen molar-refractivity contribution >= 4 is 16.9 Å². The van der Waals surface area contributed by atoms with Gasteiger partial charge in [-0.2, -0.15) is 0 Å². The molecule has 0 aromatic carbocycles. The quantitative estimate of drug-likeness (QED) is 0.814. The Hall–Kier alpha value is -0.180. The zero-order valence-electron chi connectivity index (χ0n) is 10.9. The van der Waals surface area contributed by atoms with Gasteiger partial charge in [0.25, 0.3) is 0 Å². The van der Waals surface area contributed by atoms with Crippen molar-refractivity contribution in [3.63, 3.8) is 0 Å². The number of nitrogens with zero attached hydrogens (tertiary/aromatic N) is 1. The summed E-state index contributed by atoms with van der Waals surface area (Å²) >= 11 is 1.96. The lowest BCUT2D eigenvalue weighted by atomic mass is 9.99. The number of amidine groups is 1. The van der Waals surface area contributed by atoms with Crippen molar-refractivity contribution in [1.29, 1.82) is 0 Å². The highest BCUT2D eigenvalue weighted by atomic mass is 32.2. The number of rotatable bonds is 2. The summed E-state index contributed by atoms with van der Waals surface area (Å²) in [5.74, 6) is 3.00. The third-order valence-electron chi connectivity index (χ3n) is 4.93. The molecule has 1 N–H and O–H groups in total. The zero-order chi connectivity index (χ0) is 11.7. The second kappa shape index (κ2) is 4.83. The van der Waals surface area contributed by atoms with E-state index < -0.39 is 0 Å². The molecule has 3 aliphatic rings. The summed E-state index contributed by atoms with van der Waals surface area (Å²) in [6.45, 7) is 3.46. The van der Waals surface area contributed by atoms with Gasteiger partial charge in [-0.05, 0) is 31.1 Å². The fourth-order valence-electron chi connectivity index (χ4n) is 3.61. The summed E-state index contributed by atoms with van der Waals surface area (Å²) in [5.41, 5.74) is 0.435. The van der Waals surface area contributed by atoms with Gasteiger partial charge in [0.1, 0.15) is 0 Å². The van der Waals surface area contributed by atoms with Crippen LogP contribution < -0.4 is 5.32 Å². The molecular formula is C14H24N2S. The molecule has 2 saturated carbocycles. The van der Waals surface area contributed by atoms with E-state index in [0.29, 0.717) is 5.54 Å². The van der Waals surface area contributed by atoms with Crippen molar-refractivity contribution in [2.24, 2.45) is 16.8 Å². The SMILES string of the molecule is CC1CCCC1CN=C1NC2(CCCC2)CS1. The molecule has 2 nitrogen and oxygen atoms in total. The van der Waals surface area contributed by atoms with E-state index in [1.807, 2.05) is 11.8 Å². The molecule has 1 saturated heterocycles. The molecule has 1 aliphatic heterocycles. The lowest BCUT2D eigenvalue weighted by Crippen LogP contribution is -2.40. The van der Waals surface area contributed by atoms with E-state index in [0.717, 1.165) is 18.4 Å². The standard InChI is InChI=1S/C14H24N2S/c1-11-5-4-6-12(11)9-15-13-16-14(10-17-13)7-2-3-8-14/h11-12H,2-10H2,1H3,(H,15,16). The molecule has 1 heterocycles. The minimum atomic E-state index is 0.435. The van der Waals surface area contributed by atoms with Crippen molar-refractivity contribution in [2.75, 3.05) is 12.3 Å². The number of hydrogen-bond donors (Lipinski definition) is 1. The second-order valence-electron chi connectivity index (χ2n) is 6.22. The molecule has 2 atom stereocenters. The van der Waals surface area contributed by atoms with Crippen LogP contribution in [0.25, 0.3) is 0 Å². The van der Waals surface area contributed by atoms with Crippen molar-refractivity contribution < 1.29 is 0 Å². The molecule has 2 unspecified atom stereocenters. The first-order valence-corrected chi connectivity index (χ1v) is 8.21. The monoisotopic (exact) mass is 252 g/mol. The van der Waals surface area contributed by atoms with Crippen molar-refractivity contribution in [3.8, 4) is 0 Å². The van der Waals surface area contributed by atoms with Crippen LogP contribution in [0.4, 0.5) is 0 Å². The van der Waals surface area contributed by atoms with Crippen LogP contribution in [-0.4, -0.2) is 23.0 Å². The van der Waals surface area contributed by atoms with Gasteiger partial charge in [-0.3, -0.25) is 4.99 Å². The van der Waals surface area contributed by atoms with E-state index in [9.17, 15) is 0 Å². The maximum Gasteiger partial charge on any atom is 0.157 e. The predicted molar refractivity (Wildman–Crippen MR) is 75.6 cm³/mol. The molecule has 0 amide bonds. The van der Waals surface area contributed by atoms with E-state index in [1.54, 1.807) is 0 Å². The Morgan fingerprint density at radius 2 is 2.12 bits per heavy atom. The maximum atomic E-state index is 4.84. The Balaban J connectivity index is 1.55. The van der Waals surface area contributed by atoms with Crippen LogP contribution in [0.2, 0.25) is 0 Å². The highest BCUT2D eigenvalue weighted by Gasteiger charge is 2.39. The van der Waals surface area contributed by atoms with Gasteiger partial charge in [0.15, 0.2) is 5.17 Å². The Labute approximate surface area is 109 Å². The normalized spacial score (nSPS) is 38.1. The van der Waals surface area contributed by atoms with E-state index >= 15 is 0 Å². The highest BCUT2D eigenvalue weighted by Crippen LogP contribution is 2.38. The number of hydrogen-bond acceptors (Lipinski definition) is 2. The number of thioether (sulfide) groups is 1. The molecular weight excluding hydrogens is 228 g/mol. The molecule has 0 radical (unpaired) electrons. The van der Waals surface area contributed by atoms with Crippen LogP contribution in [0.3, 0.4) is 0 Å². The largest absolute Gasteiger partial charge is 0.359 e. The minimum absolute atomic E-state index is 0.435. The summed E-state index contributed by atoms with van der Waals surface area (Å²) in [5, 5.41) is 4.96. The molecule has 96 valence electrons.